The molecule has 0 saturated heterocycles. The zero-order valence-corrected chi connectivity index (χ0v) is 14.8. The average molecular weight is 370 g/mol. The van der Waals surface area contributed by atoms with Crippen LogP contribution in [0.2, 0.25) is 0 Å². The molecule has 0 aliphatic carbocycles. The summed E-state index contributed by atoms with van der Waals surface area (Å²) in [5, 5.41) is 19.4. The number of hydrogen-bond donors (Lipinski definition) is 3. The summed E-state index contributed by atoms with van der Waals surface area (Å²) in [6.45, 7) is 1.14. The van der Waals surface area contributed by atoms with Gasteiger partial charge in [-0.15, -0.1) is 0 Å². The van der Waals surface area contributed by atoms with E-state index in [0.29, 0.717) is 43.7 Å². The molecule has 0 aromatic heterocycles. The van der Waals surface area contributed by atoms with E-state index in [1.807, 2.05) is 6.07 Å². The van der Waals surface area contributed by atoms with Crippen LogP contribution in [0.3, 0.4) is 0 Å². The minimum absolute atomic E-state index is 0.00187. The molecule has 2 aromatic carbocycles. The number of rotatable bonds is 10. The number of nitro benzene ring substituents is 1. The second-order valence-corrected chi connectivity index (χ2v) is 5.78. The molecule has 3 N–H and O–H groups in total. The Morgan fingerprint density at radius 3 is 2.33 bits per heavy atom. The smallest absolute Gasteiger partial charge is 0.292 e. The Morgan fingerprint density at radius 2 is 1.59 bits per heavy atom. The highest BCUT2D eigenvalue weighted by Gasteiger charge is 2.11. The molecule has 2 amide bonds. The summed E-state index contributed by atoms with van der Waals surface area (Å²) in [5.74, 6) is -0.294. The fourth-order valence-corrected chi connectivity index (χ4v) is 2.41. The van der Waals surface area contributed by atoms with Crippen molar-refractivity contribution in [2.24, 2.45) is 0 Å². The first-order valence-electron chi connectivity index (χ1n) is 8.65. The van der Waals surface area contributed by atoms with Crippen LogP contribution in [0.4, 0.5) is 11.4 Å². The Bertz CT molecular complexity index is 780. The van der Waals surface area contributed by atoms with Crippen LogP contribution < -0.4 is 16.0 Å². The molecule has 0 aliphatic heterocycles. The molecule has 8 heteroatoms. The van der Waals surface area contributed by atoms with Gasteiger partial charge in [0.15, 0.2) is 0 Å². The van der Waals surface area contributed by atoms with Gasteiger partial charge in [-0.1, -0.05) is 30.3 Å². The molecular formula is C19H22N4O4. The van der Waals surface area contributed by atoms with Gasteiger partial charge >= 0.3 is 0 Å². The zero-order chi connectivity index (χ0) is 19.5. The maximum atomic E-state index is 11.8. The molecule has 0 unspecified atom stereocenters. The molecule has 0 heterocycles. The summed E-state index contributed by atoms with van der Waals surface area (Å²) in [6, 6.07) is 15.2. The summed E-state index contributed by atoms with van der Waals surface area (Å²) >= 11 is 0. The van der Waals surface area contributed by atoms with Gasteiger partial charge in [-0.25, -0.2) is 0 Å². The molecule has 27 heavy (non-hydrogen) atoms. The first kappa shape index (κ1) is 19.9. The third-order valence-electron chi connectivity index (χ3n) is 3.77. The highest BCUT2D eigenvalue weighted by molar-refractivity contribution is 5.94. The molecule has 0 atom stereocenters. The van der Waals surface area contributed by atoms with E-state index >= 15 is 0 Å². The van der Waals surface area contributed by atoms with Gasteiger partial charge in [-0.3, -0.25) is 19.7 Å². The molecule has 0 fully saturated rings. The number of benzene rings is 2. The summed E-state index contributed by atoms with van der Waals surface area (Å²) in [6.07, 6.45) is 0.822. The van der Waals surface area contributed by atoms with Crippen molar-refractivity contribution in [3.8, 4) is 0 Å². The van der Waals surface area contributed by atoms with Crippen molar-refractivity contribution in [3.05, 3.63) is 70.3 Å². The maximum Gasteiger partial charge on any atom is 0.292 e. The Kier molecular flexibility index (Phi) is 7.77. The van der Waals surface area contributed by atoms with Gasteiger partial charge < -0.3 is 16.0 Å². The quantitative estimate of drug-likeness (QED) is 0.337. The van der Waals surface area contributed by atoms with Gasteiger partial charge in [-0.05, 0) is 24.6 Å². The molecule has 2 rings (SSSR count). The van der Waals surface area contributed by atoms with Crippen molar-refractivity contribution in [2.45, 2.75) is 12.8 Å². The van der Waals surface area contributed by atoms with E-state index in [0.717, 1.165) is 0 Å². The number of nitrogens with one attached hydrogen (secondary N) is 3. The minimum Gasteiger partial charge on any atom is -0.378 e. The van der Waals surface area contributed by atoms with Gasteiger partial charge in [0, 0.05) is 37.7 Å². The number of hydrogen-bond acceptors (Lipinski definition) is 5. The number of anilines is 1. The Balaban J connectivity index is 1.59. The third kappa shape index (κ3) is 6.77. The number of amides is 2. The average Bonchev–Trinajstić information content (AvgIpc) is 2.69. The first-order chi connectivity index (χ1) is 13.1. The molecule has 142 valence electrons. The largest absolute Gasteiger partial charge is 0.378 e. The number of carbonyl (C=O) groups excluding carboxylic acids is 2. The molecular weight excluding hydrogens is 348 g/mol. The second kappa shape index (κ2) is 10.5. The Hall–Kier alpha value is -3.42. The van der Waals surface area contributed by atoms with Crippen LogP contribution in [0, 0.1) is 10.1 Å². The fraction of sp³-hybridized carbons (Fsp3) is 0.263. The second-order valence-electron chi connectivity index (χ2n) is 5.78. The van der Waals surface area contributed by atoms with Crippen molar-refractivity contribution < 1.29 is 14.5 Å². The lowest BCUT2D eigenvalue weighted by atomic mass is 10.2. The number of nitrogens with zero attached hydrogens (tertiary/aromatic N) is 1. The standard InChI is InChI=1S/C19H22N4O4/c24-18(11-6-12-22-19(25)15-7-2-1-3-8-15)21-14-13-20-16-9-4-5-10-17(16)23(26)27/h1-5,7-10,20H,6,11-14H2,(H,21,24)(H,22,25). The third-order valence-corrected chi connectivity index (χ3v) is 3.77. The predicted octanol–water partition coefficient (Wildman–Crippen LogP) is 2.33. The molecule has 0 aliphatic rings. The van der Waals surface area contributed by atoms with E-state index in [4.69, 9.17) is 0 Å². The van der Waals surface area contributed by atoms with Gasteiger partial charge in [0.1, 0.15) is 5.69 Å². The number of para-hydroxylation sites is 2. The van der Waals surface area contributed by atoms with Crippen LogP contribution in [0.25, 0.3) is 0 Å². The Morgan fingerprint density at radius 1 is 0.889 bits per heavy atom. The molecule has 0 bridgehead atoms. The van der Waals surface area contributed by atoms with Crippen LogP contribution in [0.15, 0.2) is 54.6 Å². The lowest BCUT2D eigenvalue weighted by Gasteiger charge is -2.09. The number of carbonyl (C=O) groups is 2. The summed E-state index contributed by atoms with van der Waals surface area (Å²) < 4.78 is 0. The van der Waals surface area contributed by atoms with Crippen LogP contribution in [-0.4, -0.2) is 36.4 Å². The van der Waals surface area contributed by atoms with E-state index in [-0.39, 0.29) is 17.5 Å². The van der Waals surface area contributed by atoms with Gasteiger partial charge in [0.05, 0.1) is 4.92 Å². The fourth-order valence-electron chi connectivity index (χ4n) is 2.41. The Labute approximate surface area is 157 Å². The summed E-state index contributed by atoms with van der Waals surface area (Å²) in [5.41, 5.74) is 1.00. The molecule has 0 radical (unpaired) electrons. The lowest BCUT2D eigenvalue weighted by Crippen LogP contribution is -2.30. The lowest BCUT2D eigenvalue weighted by molar-refractivity contribution is -0.384. The summed E-state index contributed by atoms with van der Waals surface area (Å²) in [4.78, 5) is 34.1. The van der Waals surface area contributed by atoms with E-state index in [9.17, 15) is 19.7 Å². The van der Waals surface area contributed by atoms with Crippen LogP contribution in [0.1, 0.15) is 23.2 Å². The van der Waals surface area contributed by atoms with E-state index in [2.05, 4.69) is 16.0 Å². The molecule has 2 aromatic rings. The SMILES string of the molecule is O=C(CCCNC(=O)c1ccccc1)NCCNc1ccccc1[N+](=O)[O-]. The number of nitro groups is 1. The van der Waals surface area contributed by atoms with Crippen molar-refractivity contribution >= 4 is 23.2 Å². The molecule has 8 nitrogen and oxygen atoms in total. The van der Waals surface area contributed by atoms with Gasteiger partial charge in [-0.2, -0.15) is 0 Å². The predicted molar refractivity (Wildman–Crippen MR) is 103 cm³/mol. The maximum absolute atomic E-state index is 11.8. The van der Waals surface area contributed by atoms with Crippen LogP contribution in [-0.2, 0) is 4.79 Å². The topological polar surface area (TPSA) is 113 Å². The van der Waals surface area contributed by atoms with Crippen molar-refractivity contribution in [3.63, 3.8) is 0 Å². The minimum atomic E-state index is -0.454. The zero-order valence-electron chi connectivity index (χ0n) is 14.8. The van der Waals surface area contributed by atoms with Gasteiger partial charge in [0.25, 0.3) is 11.6 Å². The van der Waals surface area contributed by atoms with Crippen molar-refractivity contribution in [1.29, 1.82) is 0 Å². The van der Waals surface area contributed by atoms with Crippen LogP contribution >= 0.6 is 0 Å². The highest BCUT2D eigenvalue weighted by Crippen LogP contribution is 2.22. The van der Waals surface area contributed by atoms with Crippen molar-refractivity contribution in [2.75, 3.05) is 25.0 Å². The normalized spacial score (nSPS) is 10.1. The monoisotopic (exact) mass is 370 g/mol. The van der Waals surface area contributed by atoms with E-state index in [1.165, 1.54) is 6.07 Å². The highest BCUT2D eigenvalue weighted by atomic mass is 16.6. The molecule has 0 spiro atoms. The first-order valence-corrected chi connectivity index (χ1v) is 8.65. The molecule has 0 saturated carbocycles. The van der Waals surface area contributed by atoms with Crippen molar-refractivity contribution in [1.82, 2.24) is 10.6 Å². The van der Waals surface area contributed by atoms with Gasteiger partial charge in [0.2, 0.25) is 5.91 Å². The van der Waals surface area contributed by atoms with E-state index < -0.39 is 4.92 Å². The summed E-state index contributed by atoms with van der Waals surface area (Å²) in [7, 11) is 0. The van der Waals surface area contributed by atoms with Crippen LogP contribution in [0.5, 0.6) is 0 Å². The van der Waals surface area contributed by atoms with E-state index in [1.54, 1.807) is 42.5 Å².